The summed E-state index contributed by atoms with van der Waals surface area (Å²) in [5, 5.41) is 9.18. The van der Waals surface area contributed by atoms with Gasteiger partial charge in [-0.1, -0.05) is 15.9 Å². The zero-order chi connectivity index (χ0) is 15.3. The van der Waals surface area contributed by atoms with E-state index in [0.717, 1.165) is 6.07 Å². The van der Waals surface area contributed by atoms with E-state index >= 15 is 0 Å². The van der Waals surface area contributed by atoms with Crippen LogP contribution in [0.1, 0.15) is 28.4 Å². The Hall–Kier alpha value is -1.75. The van der Waals surface area contributed by atoms with Gasteiger partial charge in [0.05, 0.1) is 12.2 Å². The normalized spacial score (nSPS) is 10.8. The van der Waals surface area contributed by atoms with Crippen LogP contribution < -0.4 is 4.74 Å². The Labute approximate surface area is 121 Å². The summed E-state index contributed by atoms with van der Waals surface area (Å²) in [6.45, 7) is 1.47. The minimum absolute atomic E-state index is 0.0324. The van der Waals surface area contributed by atoms with Crippen LogP contribution in [0.15, 0.2) is 12.1 Å². The van der Waals surface area contributed by atoms with Gasteiger partial charge in [-0.15, -0.1) is 13.2 Å². The number of hydrogen-bond donors (Lipinski definition) is 0. The minimum atomic E-state index is -4.97. The van der Waals surface area contributed by atoms with Crippen LogP contribution in [0.2, 0.25) is 0 Å². The number of nitriles is 1. The summed E-state index contributed by atoms with van der Waals surface area (Å²) in [7, 11) is 0. The summed E-state index contributed by atoms with van der Waals surface area (Å²) in [5.74, 6) is -1.78. The molecule has 0 aliphatic rings. The molecule has 1 aromatic rings. The van der Waals surface area contributed by atoms with E-state index in [1.165, 1.54) is 13.0 Å². The highest BCUT2D eigenvalue weighted by molar-refractivity contribution is 9.08. The monoisotopic (exact) mass is 351 g/mol. The Balaban J connectivity index is 3.43. The number of hydrogen-bond acceptors (Lipinski definition) is 4. The Bertz CT molecular complexity index is 552. The Kier molecular flexibility index (Phi) is 5.39. The molecule has 0 aromatic heterocycles. The molecule has 0 saturated heterocycles. The number of alkyl halides is 4. The molecule has 108 valence electrons. The molecule has 0 spiro atoms. The smallest absolute Gasteiger partial charge is 0.462 e. The molecule has 0 heterocycles. The van der Waals surface area contributed by atoms with Crippen molar-refractivity contribution in [3.05, 3.63) is 28.8 Å². The van der Waals surface area contributed by atoms with E-state index in [2.05, 4.69) is 25.4 Å². The summed E-state index contributed by atoms with van der Waals surface area (Å²) in [6.07, 6.45) is -4.97. The maximum absolute atomic E-state index is 12.4. The van der Waals surface area contributed by atoms with Crippen molar-refractivity contribution < 1.29 is 27.4 Å². The number of halogens is 4. The molecule has 0 atom stereocenters. The highest BCUT2D eigenvalue weighted by Crippen LogP contribution is 2.31. The van der Waals surface area contributed by atoms with Crippen molar-refractivity contribution in [2.75, 3.05) is 6.61 Å². The van der Waals surface area contributed by atoms with Crippen molar-refractivity contribution in [2.45, 2.75) is 18.6 Å². The van der Waals surface area contributed by atoms with Gasteiger partial charge in [0.2, 0.25) is 0 Å². The minimum Gasteiger partial charge on any atom is -0.462 e. The summed E-state index contributed by atoms with van der Waals surface area (Å²) in [4.78, 5) is 11.7. The van der Waals surface area contributed by atoms with E-state index in [0.29, 0.717) is 5.56 Å². The van der Waals surface area contributed by atoms with Crippen LogP contribution in [-0.4, -0.2) is 18.9 Å². The first-order valence-electron chi connectivity index (χ1n) is 5.38. The fourth-order valence-electron chi connectivity index (χ4n) is 1.46. The zero-order valence-corrected chi connectivity index (χ0v) is 11.8. The van der Waals surface area contributed by atoms with Crippen LogP contribution in [0.3, 0.4) is 0 Å². The third-order valence-corrected chi connectivity index (χ3v) is 2.79. The van der Waals surface area contributed by atoms with Crippen molar-refractivity contribution in [3.8, 4) is 11.8 Å². The molecule has 8 heteroatoms. The van der Waals surface area contributed by atoms with E-state index in [-0.39, 0.29) is 17.5 Å². The second-order valence-electron chi connectivity index (χ2n) is 3.53. The van der Waals surface area contributed by atoms with Gasteiger partial charge in [0.1, 0.15) is 17.4 Å². The Morgan fingerprint density at radius 3 is 2.55 bits per heavy atom. The molecule has 0 saturated carbocycles. The van der Waals surface area contributed by atoms with Crippen molar-refractivity contribution in [1.29, 1.82) is 5.26 Å². The van der Waals surface area contributed by atoms with Gasteiger partial charge in [-0.3, -0.25) is 0 Å². The topological polar surface area (TPSA) is 59.3 Å². The van der Waals surface area contributed by atoms with Crippen molar-refractivity contribution in [3.63, 3.8) is 0 Å². The molecular formula is C12H9BrF3NO3. The lowest BCUT2D eigenvalue weighted by atomic mass is 10.0. The van der Waals surface area contributed by atoms with Gasteiger partial charge in [0.15, 0.2) is 0 Å². The van der Waals surface area contributed by atoms with Gasteiger partial charge in [0.25, 0.3) is 0 Å². The second kappa shape index (κ2) is 6.61. The molecule has 0 unspecified atom stereocenters. The number of ether oxygens (including phenoxy) is 2. The van der Waals surface area contributed by atoms with Gasteiger partial charge in [-0.25, -0.2) is 4.79 Å². The molecule has 0 aliphatic heterocycles. The highest BCUT2D eigenvalue weighted by Gasteiger charge is 2.34. The molecule has 0 aliphatic carbocycles. The molecular weight excluding hydrogens is 343 g/mol. The summed E-state index contributed by atoms with van der Waals surface area (Å²) < 4.78 is 45.6. The maximum Gasteiger partial charge on any atom is 0.573 e. The molecule has 0 radical (unpaired) electrons. The molecule has 0 bridgehead atoms. The van der Waals surface area contributed by atoms with Gasteiger partial charge in [-0.2, -0.15) is 5.26 Å². The molecule has 20 heavy (non-hydrogen) atoms. The average molecular weight is 352 g/mol. The van der Waals surface area contributed by atoms with Crippen LogP contribution >= 0.6 is 15.9 Å². The lowest BCUT2D eigenvalue weighted by Gasteiger charge is -2.14. The Morgan fingerprint density at radius 2 is 2.10 bits per heavy atom. The number of carbonyl (C=O) groups excluding carboxylic acids is 1. The molecule has 0 amide bonds. The van der Waals surface area contributed by atoms with Crippen LogP contribution in [0, 0.1) is 11.3 Å². The van der Waals surface area contributed by atoms with Crippen LogP contribution in [0.25, 0.3) is 0 Å². The average Bonchev–Trinajstić information content (AvgIpc) is 2.35. The predicted octanol–water partition coefficient (Wildman–Crippen LogP) is 3.53. The van der Waals surface area contributed by atoms with E-state index in [4.69, 9.17) is 5.26 Å². The maximum atomic E-state index is 12.4. The summed E-state index contributed by atoms with van der Waals surface area (Å²) in [6, 6.07) is 4.00. The lowest BCUT2D eigenvalue weighted by Crippen LogP contribution is -2.20. The largest absolute Gasteiger partial charge is 0.573 e. The number of carbonyl (C=O) groups is 1. The standard InChI is InChI=1S/C12H9BrF3NO3/c1-2-19-11(18)10-8(6-17)3-7(5-13)4-9(10)20-12(14,15)16/h3-4H,2,5H2,1H3. The predicted molar refractivity (Wildman–Crippen MR) is 66.4 cm³/mol. The van der Waals surface area contributed by atoms with Gasteiger partial charge < -0.3 is 9.47 Å². The van der Waals surface area contributed by atoms with Crippen molar-refractivity contribution >= 4 is 21.9 Å². The zero-order valence-electron chi connectivity index (χ0n) is 10.3. The van der Waals surface area contributed by atoms with Crippen LogP contribution in [0.4, 0.5) is 13.2 Å². The number of rotatable bonds is 4. The van der Waals surface area contributed by atoms with Crippen LogP contribution in [0.5, 0.6) is 5.75 Å². The van der Waals surface area contributed by atoms with Crippen LogP contribution in [-0.2, 0) is 10.1 Å². The number of esters is 1. The number of nitrogens with zero attached hydrogens (tertiary/aromatic N) is 1. The third-order valence-electron chi connectivity index (χ3n) is 2.14. The molecule has 0 N–H and O–H groups in total. The Morgan fingerprint density at radius 1 is 1.45 bits per heavy atom. The SMILES string of the molecule is CCOC(=O)c1c(C#N)cc(CBr)cc1OC(F)(F)F. The second-order valence-corrected chi connectivity index (χ2v) is 4.09. The molecule has 1 aromatic carbocycles. The van der Waals surface area contributed by atoms with E-state index in [1.807, 2.05) is 0 Å². The fourth-order valence-corrected chi connectivity index (χ4v) is 1.78. The quantitative estimate of drug-likeness (QED) is 0.615. The van der Waals surface area contributed by atoms with E-state index in [1.54, 1.807) is 6.07 Å². The fraction of sp³-hybridized carbons (Fsp3) is 0.333. The van der Waals surface area contributed by atoms with Crippen molar-refractivity contribution in [1.82, 2.24) is 0 Å². The van der Waals surface area contributed by atoms with E-state index in [9.17, 15) is 18.0 Å². The van der Waals surface area contributed by atoms with Gasteiger partial charge in [0, 0.05) is 5.33 Å². The number of benzene rings is 1. The molecule has 4 nitrogen and oxygen atoms in total. The molecule has 0 fully saturated rings. The van der Waals surface area contributed by atoms with Gasteiger partial charge in [-0.05, 0) is 24.6 Å². The summed E-state index contributed by atoms with van der Waals surface area (Å²) >= 11 is 3.06. The highest BCUT2D eigenvalue weighted by atomic mass is 79.9. The first-order valence-corrected chi connectivity index (χ1v) is 6.50. The first kappa shape index (κ1) is 16.3. The van der Waals surface area contributed by atoms with Crippen molar-refractivity contribution in [2.24, 2.45) is 0 Å². The summed E-state index contributed by atoms with van der Waals surface area (Å²) in [5.41, 5.74) is -0.398. The van der Waals surface area contributed by atoms with E-state index < -0.39 is 23.6 Å². The lowest BCUT2D eigenvalue weighted by molar-refractivity contribution is -0.274. The first-order chi connectivity index (χ1) is 9.32. The third kappa shape index (κ3) is 4.13. The molecule has 1 rings (SSSR count). The van der Waals surface area contributed by atoms with Gasteiger partial charge >= 0.3 is 12.3 Å².